The van der Waals surface area contributed by atoms with Gasteiger partial charge >= 0.3 is 5.97 Å². The summed E-state index contributed by atoms with van der Waals surface area (Å²) in [6.45, 7) is 2.43. The van der Waals surface area contributed by atoms with Gasteiger partial charge in [-0.25, -0.2) is 14.2 Å². The highest BCUT2D eigenvalue weighted by Gasteiger charge is 2.51. The van der Waals surface area contributed by atoms with Crippen LogP contribution in [-0.2, 0) is 19.9 Å². The van der Waals surface area contributed by atoms with Gasteiger partial charge < -0.3 is 14.3 Å². The van der Waals surface area contributed by atoms with E-state index in [0.29, 0.717) is 31.4 Å². The molecule has 7 rings (SSSR count). The molecule has 0 saturated carbocycles. The Morgan fingerprint density at radius 3 is 2.49 bits per heavy atom. The van der Waals surface area contributed by atoms with E-state index in [4.69, 9.17) is 4.74 Å². The molecule has 3 fully saturated rings. The van der Waals surface area contributed by atoms with Crippen LogP contribution in [0.5, 0.6) is 0 Å². The summed E-state index contributed by atoms with van der Waals surface area (Å²) in [6.07, 6.45) is 1.32. The number of hydrogen-bond donors (Lipinski definition) is 2. The molecule has 3 aliphatic rings. The Kier molecular flexibility index (Phi) is 6.36. The number of nitrogens with zero attached hydrogens (tertiary/aromatic N) is 2. The smallest absolute Gasteiger partial charge is 0.349 e. The third kappa shape index (κ3) is 4.59. The van der Waals surface area contributed by atoms with Gasteiger partial charge in [-0.05, 0) is 35.0 Å². The molecule has 0 radical (unpaired) electrons. The SMILES string of the molecule is O=C(C[N+]12CCC(CC1)[C@@H](OC(=O)C(O)(c1cccs1)c1cccs1)C2)Nc1nc2cc(F)ccc2s1. The highest BCUT2D eigenvalue weighted by atomic mass is 32.1. The fourth-order valence-electron chi connectivity index (χ4n) is 5.51. The minimum Gasteiger partial charge on any atom is -0.453 e. The van der Waals surface area contributed by atoms with E-state index in [0.717, 1.165) is 30.6 Å². The van der Waals surface area contributed by atoms with E-state index in [2.05, 4.69) is 10.3 Å². The van der Waals surface area contributed by atoms with Crippen LogP contribution < -0.4 is 5.32 Å². The molecule has 11 heteroatoms. The first-order valence-corrected chi connectivity index (χ1v) is 14.6. The monoisotopic (exact) mass is 558 g/mol. The quantitative estimate of drug-likeness (QED) is 0.256. The number of esters is 1. The number of aromatic nitrogens is 1. The number of halogens is 1. The van der Waals surface area contributed by atoms with E-state index in [9.17, 15) is 19.1 Å². The van der Waals surface area contributed by atoms with Crippen molar-refractivity contribution in [1.29, 1.82) is 0 Å². The van der Waals surface area contributed by atoms with Gasteiger partial charge in [-0.1, -0.05) is 23.5 Å². The van der Waals surface area contributed by atoms with Crippen molar-refractivity contribution in [1.82, 2.24) is 4.98 Å². The first kappa shape index (κ1) is 24.6. The number of carbonyl (C=O) groups excluding carboxylic acids is 2. The Morgan fingerprint density at radius 1 is 1.14 bits per heavy atom. The molecular weight excluding hydrogens is 534 g/mol. The number of ether oxygens (including phenoxy) is 1. The normalized spacial score (nSPS) is 23.3. The van der Waals surface area contributed by atoms with Gasteiger partial charge in [0.15, 0.2) is 17.8 Å². The first-order chi connectivity index (χ1) is 17.8. The minimum atomic E-state index is -1.84. The zero-order valence-corrected chi connectivity index (χ0v) is 22.2. The van der Waals surface area contributed by atoms with Gasteiger partial charge in [0, 0.05) is 24.8 Å². The van der Waals surface area contributed by atoms with Gasteiger partial charge in [0.2, 0.25) is 5.60 Å². The molecule has 1 atom stereocenters. The van der Waals surface area contributed by atoms with Crippen molar-refractivity contribution in [3.05, 3.63) is 68.8 Å². The summed E-state index contributed by atoms with van der Waals surface area (Å²) < 4.78 is 20.9. The van der Waals surface area contributed by atoms with Crippen molar-refractivity contribution in [3.63, 3.8) is 0 Å². The van der Waals surface area contributed by atoms with Crippen LogP contribution >= 0.6 is 34.0 Å². The molecule has 0 unspecified atom stereocenters. The second kappa shape index (κ2) is 9.55. The summed E-state index contributed by atoms with van der Waals surface area (Å²) in [6, 6.07) is 11.5. The van der Waals surface area contributed by atoms with Gasteiger partial charge in [-0.3, -0.25) is 10.1 Å². The lowest BCUT2D eigenvalue weighted by Gasteiger charge is -2.51. The lowest BCUT2D eigenvalue weighted by atomic mass is 9.83. The Hall–Kier alpha value is -2.70. The van der Waals surface area contributed by atoms with Crippen molar-refractivity contribution >= 4 is 61.2 Å². The maximum Gasteiger partial charge on any atom is 0.349 e. The maximum absolute atomic E-state index is 13.5. The van der Waals surface area contributed by atoms with Crippen LogP contribution in [0.2, 0.25) is 0 Å². The molecule has 192 valence electrons. The van der Waals surface area contributed by atoms with Crippen LogP contribution in [0.4, 0.5) is 9.52 Å². The lowest BCUT2D eigenvalue weighted by molar-refractivity contribution is -0.939. The Balaban J connectivity index is 1.16. The van der Waals surface area contributed by atoms with Gasteiger partial charge in [0.1, 0.15) is 12.4 Å². The zero-order valence-electron chi connectivity index (χ0n) is 19.8. The van der Waals surface area contributed by atoms with Gasteiger partial charge in [-0.15, -0.1) is 22.7 Å². The van der Waals surface area contributed by atoms with Crippen molar-refractivity contribution in [2.45, 2.75) is 24.5 Å². The maximum atomic E-state index is 13.5. The molecular formula is C26H25FN3O4S3+. The molecule has 1 aromatic carbocycles. The number of anilines is 1. The van der Waals surface area contributed by atoms with Gasteiger partial charge in [-0.2, -0.15) is 0 Å². The summed E-state index contributed by atoms with van der Waals surface area (Å²) in [5.41, 5.74) is -1.33. The van der Waals surface area contributed by atoms with Crippen LogP contribution in [0, 0.1) is 11.7 Å². The van der Waals surface area contributed by atoms with Crippen LogP contribution in [0.25, 0.3) is 10.2 Å². The molecule has 0 aliphatic carbocycles. The Bertz CT molecular complexity index is 1390. The number of benzene rings is 1. The number of thiophene rings is 2. The summed E-state index contributed by atoms with van der Waals surface area (Å²) in [4.78, 5) is 31.9. The van der Waals surface area contributed by atoms with Crippen molar-refractivity contribution in [2.24, 2.45) is 5.92 Å². The highest BCUT2D eigenvalue weighted by Crippen LogP contribution is 2.40. The predicted octanol–water partition coefficient (Wildman–Crippen LogP) is 4.59. The number of quaternary nitrogens is 1. The van der Waals surface area contributed by atoms with Crippen molar-refractivity contribution < 1.29 is 28.3 Å². The average Bonchev–Trinajstić information content (AvgIpc) is 3.65. The van der Waals surface area contributed by atoms with E-state index in [1.54, 1.807) is 30.3 Å². The summed E-state index contributed by atoms with van der Waals surface area (Å²) in [7, 11) is 0. The number of nitrogens with one attached hydrogen (secondary N) is 1. The largest absolute Gasteiger partial charge is 0.453 e. The van der Waals surface area contributed by atoms with E-state index in [-0.39, 0.29) is 30.3 Å². The molecule has 2 bridgehead atoms. The summed E-state index contributed by atoms with van der Waals surface area (Å²) >= 11 is 3.95. The number of piperidine rings is 3. The fourth-order valence-corrected chi connectivity index (χ4v) is 8.08. The number of thiazole rings is 1. The summed E-state index contributed by atoms with van der Waals surface area (Å²) in [5.74, 6) is -0.989. The Morgan fingerprint density at radius 2 is 1.84 bits per heavy atom. The van der Waals surface area contributed by atoms with Gasteiger partial charge in [0.05, 0.1) is 33.1 Å². The van der Waals surface area contributed by atoms with Gasteiger partial charge in [0.25, 0.3) is 5.91 Å². The number of hydrogen-bond acceptors (Lipinski definition) is 8. The number of carbonyl (C=O) groups is 2. The third-order valence-electron chi connectivity index (χ3n) is 7.43. The van der Waals surface area contributed by atoms with E-state index >= 15 is 0 Å². The molecule has 37 heavy (non-hydrogen) atoms. The Labute approximate surface area is 224 Å². The molecule has 7 nitrogen and oxygen atoms in total. The number of aliphatic hydroxyl groups is 1. The lowest BCUT2D eigenvalue weighted by Crippen LogP contribution is -2.66. The average molecular weight is 559 g/mol. The molecule has 1 amide bonds. The number of rotatable bonds is 7. The molecule has 4 aromatic rings. The number of fused-ring (bicyclic) bond motifs is 4. The molecule has 0 spiro atoms. The van der Waals surface area contributed by atoms with Crippen LogP contribution in [0.1, 0.15) is 22.6 Å². The molecule has 2 N–H and O–H groups in total. The van der Waals surface area contributed by atoms with E-state index in [1.807, 2.05) is 10.8 Å². The molecule has 6 heterocycles. The highest BCUT2D eigenvalue weighted by molar-refractivity contribution is 7.22. The van der Waals surface area contributed by atoms with E-state index < -0.39 is 11.6 Å². The molecule has 3 aliphatic heterocycles. The first-order valence-electron chi connectivity index (χ1n) is 12.1. The molecule has 3 aromatic heterocycles. The standard InChI is InChI=1S/C26H24FN3O4S3/c27-17-5-6-20-18(13-17)28-25(37-20)29-23(31)15-30-9-7-16(8-10-30)19(14-30)34-24(32)26(33,21-3-1-11-35-21)22-4-2-12-36-22/h1-6,11-13,16,19,33H,7-10,14-15H2/p+1/t16?,19-,30?/m0/s1. The third-order valence-corrected chi connectivity index (χ3v) is 10.3. The van der Waals surface area contributed by atoms with E-state index in [1.165, 1.54) is 46.1 Å². The minimum absolute atomic E-state index is 0.168. The second-order valence-corrected chi connectivity index (χ2v) is 12.7. The predicted molar refractivity (Wildman–Crippen MR) is 142 cm³/mol. The fraction of sp³-hybridized carbons (Fsp3) is 0.346. The molecule has 3 saturated heterocycles. The number of amides is 1. The zero-order chi connectivity index (χ0) is 25.6. The van der Waals surface area contributed by atoms with Crippen molar-refractivity contribution in [3.8, 4) is 0 Å². The topological polar surface area (TPSA) is 88.5 Å². The second-order valence-electron chi connectivity index (χ2n) is 9.75. The summed E-state index contributed by atoms with van der Waals surface area (Å²) in [5, 5.41) is 18.6. The van der Waals surface area contributed by atoms with Crippen molar-refractivity contribution in [2.75, 3.05) is 31.5 Å². The van der Waals surface area contributed by atoms with Crippen LogP contribution in [0.3, 0.4) is 0 Å². The van der Waals surface area contributed by atoms with Crippen LogP contribution in [-0.4, -0.2) is 58.7 Å². The van der Waals surface area contributed by atoms with Crippen LogP contribution in [0.15, 0.2) is 53.2 Å².